The van der Waals surface area contributed by atoms with E-state index in [1.807, 2.05) is 0 Å². The van der Waals surface area contributed by atoms with Crippen LogP contribution in [-0.4, -0.2) is 43.3 Å². The fourth-order valence-corrected chi connectivity index (χ4v) is 1.70. The standard InChI is InChI=1S/C8H10N6O2/c15-4-1-5(9-2-4)8-11-7(13-16-8)6-3-10-14-12-6/h3-5,9,15H,1-2H2,(H,10,12,14)/t4?,5-/m0/s1. The van der Waals surface area contributed by atoms with Crippen molar-refractivity contribution < 1.29 is 9.63 Å². The highest BCUT2D eigenvalue weighted by Gasteiger charge is 2.28. The molecule has 8 nitrogen and oxygen atoms in total. The zero-order valence-corrected chi connectivity index (χ0v) is 8.29. The van der Waals surface area contributed by atoms with Crippen molar-refractivity contribution in [2.45, 2.75) is 18.6 Å². The molecular formula is C8H10N6O2. The molecule has 1 unspecified atom stereocenters. The molecular weight excluding hydrogens is 212 g/mol. The summed E-state index contributed by atoms with van der Waals surface area (Å²) in [5.74, 6) is 0.862. The topological polar surface area (TPSA) is 113 Å². The molecule has 84 valence electrons. The number of aromatic amines is 1. The Hall–Kier alpha value is -1.80. The number of H-pyrrole nitrogens is 1. The highest BCUT2D eigenvalue weighted by molar-refractivity contribution is 5.44. The molecule has 2 aromatic heterocycles. The van der Waals surface area contributed by atoms with Gasteiger partial charge in [0.15, 0.2) is 5.69 Å². The number of β-amino-alcohol motifs (C(OH)–C–C–N with tert-alkyl or cyclic N) is 1. The summed E-state index contributed by atoms with van der Waals surface area (Å²) < 4.78 is 5.10. The number of hydrogen-bond acceptors (Lipinski definition) is 7. The summed E-state index contributed by atoms with van der Waals surface area (Å²) in [5, 5.41) is 26.3. The quantitative estimate of drug-likeness (QED) is 0.612. The van der Waals surface area contributed by atoms with E-state index < -0.39 is 0 Å². The fourth-order valence-electron chi connectivity index (χ4n) is 1.70. The van der Waals surface area contributed by atoms with E-state index in [1.165, 1.54) is 6.20 Å². The smallest absolute Gasteiger partial charge is 0.244 e. The first-order chi connectivity index (χ1) is 7.83. The van der Waals surface area contributed by atoms with Crippen LogP contribution in [0.15, 0.2) is 10.7 Å². The van der Waals surface area contributed by atoms with E-state index in [0.717, 1.165) is 0 Å². The summed E-state index contributed by atoms with van der Waals surface area (Å²) in [6, 6.07) is -0.0804. The molecule has 2 aromatic rings. The predicted octanol–water partition coefficient (Wildman–Crippen LogP) is -0.750. The zero-order chi connectivity index (χ0) is 11.0. The second-order valence-corrected chi connectivity index (χ2v) is 3.66. The van der Waals surface area contributed by atoms with E-state index in [4.69, 9.17) is 4.52 Å². The number of aromatic nitrogens is 5. The Kier molecular flexibility index (Phi) is 2.15. The molecule has 0 bridgehead atoms. The highest BCUT2D eigenvalue weighted by atomic mass is 16.5. The Morgan fingerprint density at radius 1 is 1.50 bits per heavy atom. The third-order valence-electron chi connectivity index (χ3n) is 2.49. The van der Waals surface area contributed by atoms with Crippen LogP contribution in [0.5, 0.6) is 0 Å². The molecule has 0 aliphatic carbocycles. The maximum Gasteiger partial charge on any atom is 0.244 e. The minimum Gasteiger partial charge on any atom is -0.392 e. The average molecular weight is 222 g/mol. The summed E-state index contributed by atoms with van der Waals surface area (Å²) in [4.78, 5) is 4.20. The summed E-state index contributed by atoms with van der Waals surface area (Å²) in [6.45, 7) is 0.548. The Balaban J connectivity index is 1.83. The van der Waals surface area contributed by atoms with Gasteiger partial charge >= 0.3 is 0 Å². The van der Waals surface area contributed by atoms with Crippen LogP contribution in [0.1, 0.15) is 18.4 Å². The van der Waals surface area contributed by atoms with Gasteiger partial charge in [0.25, 0.3) is 0 Å². The van der Waals surface area contributed by atoms with Gasteiger partial charge in [-0.2, -0.15) is 20.4 Å². The van der Waals surface area contributed by atoms with Crippen molar-refractivity contribution in [2.75, 3.05) is 6.54 Å². The number of aliphatic hydroxyl groups is 1. The summed E-state index contributed by atoms with van der Waals surface area (Å²) in [5.41, 5.74) is 0.536. The number of nitrogens with one attached hydrogen (secondary N) is 2. The lowest BCUT2D eigenvalue weighted by molar-refractivity contribution is 0.191. The van der Waals surface area contributed by atoms with Crippen molar-refractivity contribution in [2.24, 2.45) is 0 Å². The first-order valence-corrected chi connectivity index (χ1v) is 4.94. The molecule has 3 rings (SSSR count). The third kappa shape index (κ3) is 1.57. The fraction of sp³-hybridized carbons (Fsp3) is 0.500. The van der Waals surface area contributed by atoms with Crippen molar-refractivity contribution in [3.63, 3.8) is 0 Å². The first-order valence-electron chi connectivity index (χ1n) is 4.94. The lowest BCUT2D eigenvalue weighted by Gasteiger charge is -2.01. The summed E-state index contributed by atoms with van der Waals surface area (Å²) in [7, 11) is 0. The number of rotatable bonds is 2. The largest absolute Gasteiger partial charge is 0.392 e. The number of nitrogens with zero attached hydrogens (tertiary/aromatic N) is 4. The lowest BCUT2D eigenvalue weighted by Crippen LogP contribution is -2.15. The van der Waals surface area contributed by atoms with Crippen LogP contribution in [-0.2, 0) is 0 Å². The van der Waals surface area contributed by atoms with Crippen molar-refractivity contribution in [3.8, 4) is 11.5 Å². The minimum atomic E-state index is -0.354. The SMILES string of the molecule is OC1CN[C@H](c2nc(-c3cn[nH]n3)no2)C1. The van der Waals surface area contributed by atoms with Crippen LogP contribution < -0.4 is 5.32 Å². The second kappa shape index (κ2) is 3.65. The van der Waals surface area contributed by atoms with Crippen LogP contribution in [0.4, 0.5) is 0 Å². The molecule has 8 heteroatoms. The maximum atomic E-state index is 9.37. The van der Waals surface area contributed by atoms with E-state index in [0.29, 0.717) is 30.4 Å². The number of hydrogen-bond donors (Lipinski definition) is 3. The molecule has 0 saturated carbocycles. The van der Waals surface area contributed by atoms with Gasteiger partial charge in [0.05, 0.1) is 18.3 Å². The van der Waals surface area contributed by atoms with E-state index in [2.05, 4.69) is 30.9 Å². The monoisotopic (exact) mass is 222 g/mol. The van der Waals surface area contributed by atoms with Crippen LogP contribution in [0.2, 0.25) is 0 Å². The van der Waals surface area contributed by atoms with Crippen molar-refractivity contribution in [1.29, 1.82) is 0 Å². The van der Waals surface area contributed by atoms with Crippen LogP contribution >= 0.6 is 0 Å². The van der Waals surface area contributed by atoms with Gasteiger partial charge in [-0.15, -0.1) is 0 Å². The maximum absolute atomic E-state index is 9.37. The van der Waals surface area contributed by atoms with Crippen molar-refractivity contribution >= 4 is 0 Å². The van der Waals surface area contributed by atoms with Gasteiger partial charge in [0, 0.05) is 6.54 Å². The van der Waals surface area contributed by atoms with Crippen molar-refractivity contribution in [3.05, 3.63) is 12.1 Å². The molecule has 0 radical (unpaired) electrons. The zero-order valence-electron chi connectivity index (χ0n) is 8.29. The van der Waals surface area contributed by atoms with Gasteiger partial charge in [-0.05, 0) is 6.42 Å². The van der Waals surface area contributed by atoms with Gasteiger partial charge in [0.2, 0.25) is 11.7 Å². The minimum absolute atomic E-state index is 0.0804. The Morgan fingerprint density at radius 3 is 3.12 bits per heavy atom. The Morgan fingerprint density at radius 2 is 2.44 bits per heavy atom. The Labute approximate surface area is 90.1 Å². The average Bonchev–Trinajstić information content (AvgIpc) is 2.97. The molecule has 3 N–H and O–H groups in total. The molecule has 0 aromatic carbocycles. The van der Waals surface area contributed by atoms with Crippen LogP contribution in [0.25, 0.3) is 11.5 Å². The Bertz CT molecular complexity index is 467. The second-order valence-electron chi connectivity index (χ2n) is 3.66. The van der Waals surface area contributed by atoms with E-state index in [1.54, 1.807) is 0 Å². The van der Waals surface area contributed by atoms with Gasteiger partial charge in [-0.25, -0.2) is 0 Å². The van der Waals surface area contributed by atoms with Gasteiger partial charge in [-0.1, -0.05) is 5.16 Å². The van der Waals surface area contributed by atoms with E-state index in [9.17, 15) is 5.11 Å². The molecule has 16 heavy (non-hydrogen) atoms. The third-order valence-corrected chi connectivity index (χ3v) is 2.49. The molecule has 1 fully saturated rings. The summed E-state index contributed by atoms with van der Waals surface area (Å²) in [6.07, 6.45) is 1.75. The first kappa shape index (κ1) is 9.43. The molecule has 3 heterocycles. The molecule has 1 aliphatic heterocycles. The molecule has 2 atom stereocenters. The molecule has 0 spiro atoms. The van der Waals surface area contributed by atoms with Crippen LogP contribution in [0, 0.1) is 0 Å². The lowest BCUT2D eigenvalue weighted by atomic mass is 10.2. The van der Waals surface area contributed by atoms with Gasteiger partial charge in [0.1, 0.15) is 0 Å². The van der Waals surface area contributed by atoms with Crippen molar-refractivity contribution in [1.82, 2.24) is 30.9 Å². The van der Waals surface area contributed by atoms with E-state index in [-0.39, 0.29) is 12.1 Å². The van der Waals surface area contributed by atoms with Gasteiger partial charge in [-0.3, -0.25) is 0 Å². The van der Waals surface area contributed by atoms with Crippen LogP contribution in [0.3, 0.4) is 0 Å². The molecule has 1 saturated heterocycles. The summed E-state index contributed by atoms with van der Waals surface area (Å²) >= 11 is 0. The van der Waals surface area contributed by atoms with E-state index >= 15 is 0 Å². The predicted molar refractivity (Wildman–Crippen MR) is 51.0 cm³/mol. The molecule has 0 amide bonds. The highest BCUT2D eigenvalue weighted by Crippen LogP contribution is 2.23. The molecule has 1 aliphatic rings. The normalized spacial score (nSPS) is 25.1. The number of aliphatic hydroxyl groups excluding tert-OH is 1. The van der Waals surface area contributed by atoms with Gasteiger partial charge < -0.3 is 14.9 Å².